The van der Waals surface area contributed by atoms with Gasteiger partial charge in [-0.3, -0.25) is 0 Å². The molecule has 1 aliphatic rings. The summed E-state index contributed by atoms with van der Waals surface area (Å²) in [5.74, 6) is -0.993. The number of phenols is 1. The van der Waals surface area contributed by atoms with E-state index in [1.54, 1.807) is 12.3 Å². The fourth-order valence-corrected chi connectivity index (χ4v) is 2.24. The SMILES string of the molecule is CN1C=C(c2ccc(O)c(F)c2)C=NC1Nc1ccccc1. The van der Waals surface area contributed by atoms with Crippen LogP contribution in [0.3, 0.4) is 0 Å². The van der Waals surface area contributed by atoms with Gasteiger partial charge in [-0.1, -0.05) is 24.3 Å². The van der Waals surface area contributed by atoms with E-state index in [-0.39, 0.29) is 12.0 Å². The van der Waals surface area contributed by atoms with Crippen LogP contribution in [0.25, 0.3) is 5.57 Å². The van der Waals surface area contributed by atoms with Crippen LogP contribution in [-0.4, -0.2) is 29.6 Å². The third kappa shape index (κ3) is 2.93. The van der Waals surface area contributed by atoms with Gasteiger partial charge in [-0.05, 0) is 29.8 Å². The number of aromatic hydroxyl groups is 1. The van der Waals surface area contributed by atoms with E-state index in [0.29, 0.717) is 5.56 Å². The van der Waals surface area contributed by atoms with Crippen molar-refractivity contribution in [3.63, 3.8) is 0 Å². The maximum absolute atomic E-state index is 13.4. The predicted molar refractivity (Wildman–Crippen MR) is 86.1 cm³/mol. The molecule has 0 saturated heterocycles. The summed E-state index contributed by atoms with van der Waals surface area (Å²) >= 11 is 0. The van der Waals surface area contributed by atoms with Crippen molar-refractivity contribution in [2.75, 3.05) is 12.4 Å². The highest BCUT2D eigenvalue weighted by molar-refractivity contribution is 6.10. The molecule has 0 aliphatic carbocycles. The van der Waals surface area contributed by atoms with E-state index in [9.17, 15) is 9.50 Å². The minimum atomic E-state index is -0.640. The lowest BCUT2D eigenvalue weighted by Crippen LogP contribution is -2.35. The molecule has 0 fully saturated rings. The number of hydrogen-bond donors (Lipinski definition) is 2. The zero-order valence-corrected chi connectivity index (χ0v) is 12.1. The van der Waals surface area contributed by atoms with Gasteiger partial charge in [0.25, 0.3) is 0 Å². The first-order valence-electron chi connectivity index (χ1n) is 6.91. The molecule has 2 aromatic carbocycles. The molecule has 0 bridgehead atoms. The lowest BCUT2D eigenvalue weighted by molar-refractivity contribution is 0.371. The highest BCUT2D eigenvalue weighted by atomic mass is 19.1. The van der Waals surface area contributed by atoms with Crippen molar-refractivity contribution in [2.24, 2.45) is 4.99 Å². The van der Waals surface area contributed by atoms with Gasteiger partial charge in [-0.15, -0.1) is 0 Å². The predicted octanol–water partition coefficient (Wildman–Crippen LogP) is 3.28. The number of aliphatic imine (C=N–C) groups is 1. The number of allylic oxidation sites excluding steroid dienone is 1. The molecular formula is C17H16FN3O. The Labute approximate surface area is 128 Å². The molecule has 3 rings (SSSR count). The Bertz CT molecular complexity index is 728. The average molecular weight is 297 g/mol. The zero-order valence-electron chi connectivity index (χ0n) is 12.1. The standard InChI is InChI=1S/C17H16FN3O/c1-21-11-13(12-7-8-16(22)15(18)9-12)10-19-17(21)20-14-5-3-2-4-6-14/h2-11,17,20,22H,1H3. The Balaban J connectivity index is 1.77. The minimum absolute atomic E-state index is 0.215. The quantitative estimate of drug-likeness (QED) is 0.914. The molecule has 2 aromatic rings. The van der Waals surface area contributed by atoms with Crippen LogP contribution < -0.4 is 5.32 Å². The molecule has 0 spiro atoms. The number of rotatable bonds is 3. The Morgan fingerprint density at radius 3 is 2.64 bits per heavy atom. The number of anilines is 1. The fraction of sp³-hybridized carbons (Fsp3) is 0.118. The lowest BCUT2D eigenvalue weighted by atomic mass is 10.1. The molecular weight excluding hydrogens is 281 g/mol. The maximum atomic E-state index is 13.4. The van der Waals surface area contributed by atoms with Gasteiger partial charge in [0, 0.05) is 30.7 Å². The summed E-state index contributed by atoms with van der Waals surface area (Å²) in [6, 6.07) is 14.1. The lowest BCUT2D eigenvalue weighted by Gasteiger charge is -2.28. The topological polar surface area (TPSA) is 47.9 Å². The third-order valence-corrected chi connectivity index (χ3v) is 3.43. The summed E-state index contributed by atoms with van der Waals surface area (Å²) in [5, 5.41) is 12.5. The van der Waals surface area contributed by atoms with Gasteiger partial charge in [0.2, 0.25) is 0 Å². The number of phenolic OH excluding ortho intramolecular Hbond substituents is 1. The van der Waals surface area contributed by atoms with Crippen molar-refractivity contribution in [1.82, 2.24) is 4.90 Å². The normalized spacial score (nSPS) is 17.3. The second-order valence-corrected chi connectivity index (χ2v) is 5.08. The van der Waals surface area contributed by atoms with E-state index in [0.717, 1.165) is 11.3 Å². The van der Waals surface area contributed by atoms with Crippen LogP contribution >= 0.6 is 0 Å². The number of benzene rings is 2. The van der Waals surface area contributed by atoms with E-state index in [2.05, 4.69) is 10.3 Å². The number of halogens is 1. The number of nitrogens with one attached hydrogen (secondary N) is 1. The summed E-state index contributed by atoms with van der Waals surface area (Å²) in [6.45, 7) is 0. The molecule has 0 aromatic heterocycles. The molecule has 22 heavy (non-hydrogen) atoms. The van der Waals surface area contributed by atoms with E-state index in [1.165, 1.54) is 12.1 Å². The molecule has 2 N–H and O–H groups in total. The average Bonchev–Trinajstić information content (AvgIpc) is 2.53. The van der Waals surface area contributed by atoms with Gasteiger partial charge in [-0.2, -0.15) is 0 Å². The summed E-state index contributed by atoms with van der Waals surface area (Å²) in [7, 11) is 1.90. The van der Waals surface area contributed by atoms with Crippen LogP contribution in [0.2, 0.25) is 0 Å². The smallest absolute Gasteiger partial charge is 0.195 e. The van der Waals surface area contributed by atoms with E-state index in [4.69, 9.17) is 0 Å². The van der Waals surface area contributed by atoms with Crippen LogP contribution in [0.5, 0.6) is 5.75 Å². The van der Waals surface area contributed by atoms with E-state index in [1.807, 2.05) is 48.5 Å². The van der Waals surface area contributed by atoms with Crippen molar-refractivity contribution < 1.29 is 9.50 Å². The largest absolute Gasteiger partial charge is 0.505 e. The van der Waals surface area contributed by atoms with E-state index < -0.39 is 5.82 Å². The molecule has 4 nitrogen and oxygen atoms in total. The maximum Gasteiger partial charge on any atom is 0.195 e. The first-order valence-corrected chi connectivity index (χ1v) is 6.91. The van der Waals surface area contributed by atoms with Crippen molar-refractivity contribution in [3.8, 4) is 5.75 Å². The molecule has 5 heteroatoms. The molecule has 1 aliphatic heterocycles. The van der Waals surface area contributed by atoms with Gasteiger partial charge in [0.05, 0.1) is 0 Å². The Kier molecular flexibility index (Phi) is 3.78. The molecule has 1 atom stereocenters. The van der Waals surface area contributed by atoms with Crippen molar-refractivity contribution in [1.29, 1.82) is 0 Å². The number of hydrogen-bond acceptors (Lipinski definition) is 4. The highest BCUT2D eigenvalue weighted by Crippen LogP contribution is 2.23. The summed E-state index contributed by atoms with van der Waals surface area (Å²) < 4.78 is 13.4. The monoisotopic (exact) mass is 297 g/mol. The molecule has 1 heterocycles. The highest BCUT2D eigenvalue weighted by Gasteiger charge is 2.16. The second kappa shape index (κ2) is 5.89. The Hall–Kier alpha value is -2.82. The summed E-state index contributed by atoms with van der Waals surface area (Å²) in [6.07, 6.45) is 3.37. The van der Waals surface area contributed by atoms with Crippen LogP contribution in [-0.2, 0) is 0 Å². The Morgan fingerprint density at radius 2 is 1.95 bits per heavy atom. The van der Waals surface area contributed by atoms with Gasteiger partial charge in [-0.25, -0.2) is 9.38 Å². The minimum Gasteiger partial charge on any atom is -0.505 e. The fourth-order valence-electron chi connectivity index (χ4n) is 2.24. The molecule has 0 radical (unpaired) electrons. The second-order valence-electron chi connectivity index (χ2n) is 5.08. The third-order valence-electron chi connectivity index (χ3n) is 3.43. The van der Waals surface area contributed by atoms with Crippen molar-refractivity contribution in [2.45, 2.75) is 6.29 Å². The first kappa shape index (κ1) is 14.1. The van der Waals surface area contributed by atoms with Crippen molar-refractivity contribution >= 4 is 17.5 Å². The first-order chi connectivity index (χ1) is 10.6. The number of nitrogens with zero attached hydrogens (tertiary/aromatic N) is 2. The molecule has 112 valence electrons. The van der Waals surface area contributed by atoms with Gasteiger partial charge < -0.3 is 15.3 Å². The van der Waals surface area contributed by atoms with Crippen LogP contribution in [0.4, 0.5) is 10.1 Å². The number of para-hydroxylation sites is 1. The van der Waals surface area contributed by atoms with E-state index >= 15 is 0 Å². The Morgan fingerprint density at radius 1 is 1.18 bits per heavy atom. The summed E-state index contributed by atoms with van der Waals surface area (Å²) in [4.78, 5) is 6.36. The summed E-state index contributed by atoms with van der Waals surface area (Å²) in [5.41, 5.74) is 2.43. The van der Waals surface area contributed by atoms with Gasteiger partial charge >= 0.3 is 0 Å². The van der Waals surface area contributed by atoms with Gasteiger partial charge in [0.15, 0.2) is 17.9 Å². The van der Waals surface area contributed by atoms with Crippen LogP contribution in [0.1, 0.15) is 5.56 Å². The van der Waals surface area contributed by atoms with Crippen LogP contribution in [0.15, 0.2) is 59.7 Å². The van der Waals surface area contributed by atoms with Crippen molar-refractivity contribution in [3.05, 3.63) is 66.1 Å². The molecule has 0 amide bonds. The molecule has 0 saturated carbocycles. The molecule has 1 unspecified atom stereocenters. The van der Waals surface area contributed by atoms with Gasteiger partial charge in [0.1, 0.15) is 0 Å². The van der Waals surface area contributed by atoms with Crippen LogP contribution in [0, 0.1) is 5.82 Å². The zero-order chi connectivity index (χ0) is 15.5.